The molecule has 0 saturated heterocycles. The topological polar surface area (TPSA) is 26.3 Å². The van der Waals surface area contributed by atoms with Gasteiger partial charge in [0.25, 0.3) is 0 Å². The largest absolute Gasteiger partial charge is 0.487 e. The second kappa shape index (κ2) is 3.22. The average Bonchev–Trinajstić information content (AvgIpc) is 2.17. The zero-order valence-corrected chi connectivity index (χ0v) is 10.8. The Hall–Kier alpha value is -1.05. The Labute approximate surface area is 97.4 Å². The predicted octanol–water partition coefficient (Wildman–Crippen LogP) is 3.24. The van der Waals surface area contributed by atoms with Gasteiger partial charge in [0.15, 0.2) is 5.78 Å². The molecule has 0 aromatic rings. The molecule has 0 aromatic carbocycles. The molecule has 1 heterocycles. The van der Waals surface area contributed by atoms with Crippen molar-refractivity contribution in [3.05, 3.63) is 23.5 Å². The molecule has 1 aliphatic carbocycles. The standard InChI is InChI=1S/C14H20O2/c1-9-11-8-10(15)6-7-12(11)16-14(4,5)13(9,2)3/h6-7,9H,8H2,1-5H3. The Morgan fingerprint density at radius 1 is 1.25 bits per heavy atom. The average molecular weight is 220 g/mol. The Morgan fingerprint density at radius 3 is 2.50 bits per heavy atom. The SMILES string of the molecule is CC1C2=C(C=CC(=O)C2)OC(C)(C)C1(C)C. The fourth-order valence-electron chi connectivity index (χ4n) is 2.44. The molecule has 2 heteroatoms. The number of carbonyl (C=O) groups is 1. The summed E-state index contributed by atoms with van der Waals surface area (Å²) in [7, 11) is 0. The van der Waals surface area contributed by atoms with E-state index in [4.69, 9.17) is 4.74 Å². The van der Waals surface area contributed by atoms with Crippen molar-refractivity contribution < 1.29 is 9.53 Å². The molecular formula is C14H20O2. The molecule has 0 saturated carbocycles. The van der Waals surface area contributed by atoms with E-state index in [2.05, 4.69) is 34.6 Å². The van der Waals surface area contributed by atoms with Crippen molar-refractivity contribution in [1.29, 1.82) is 0 Å². The molecule has 16 heavy (non-hydrogen) atoms. The van der Waals surface area contributed by atoms with Crippen LogP contribution in [0.4, 0.5) is 0 Å². The lowest BCUT2D eigenvalue weighted by atomic mass is 9.63. The molecule has 1 unspecified atom stereocenters. The third-order valence-corrected chi connectivity index (χ3v) is 4.62. The maximum absolute atomic E-state index is 11.5. The second-order valence-corrected chi connectivity index (χ2v) is 5.92. The van der Waals surface area contributed by atoms with E-state index in [9.17, 15) is 4.79 Å². The summed E-state index contributed by atoms with van der Waals surface area (Å²) >= 11 is 0. The first-order valence-electron chi connectivity index (χ1n) is 5.88. The minimum absolute atomic E-state index is 0.0390. The lowest BCUT2D eigenvalue weighted by Gasteiger charge is -2.51. The fraction of sp³-hybridized carbons (Fsp3) is 0.643. The van der Waals surface area contributed by atoms with Crippen LogP contribution in [-0.2, 0) is 9.53 Å². The summed E-state index contributed by atoms with van der Waals surface area (Å²) in [4.78, 5) is 11.5. The number of hydrogen-bond donors (Lipinski definition) is 0. The molecular weight excluding hydrogens is 200 g/mol. The maximum Gasteiger partial charge on any atom is 0.160 e. The van der Waals surface area contributed by atoms with Gasteiger partial charge in [0.05, 0.1) is 0 Å². The molecule has 1 atom stereocenters. The molecule has 0 aromatic heterocycles. The van der Waals surface area contributed by atoms with Gasteiger partial charge < -0.3 is 4.74 Å². The molecule has 1 aliphatic heterocycles. The monoisotopic (exact) mass is 220 g/mol. The van der Waals surface area contributed by atoms with Gasteiger partial charge in [0.2, 0.25) is 0 Å². The molecule has 2 rings (SSSR count). The molecule has 0 amide bonds. The van der Waals surface area contributed by atoms with E-state index in [0.29, 0.717) is 12.3 Å². The molecule has 0 bridgehead atoms. The molecule has 0 radical (unpaired) electrons. The summed E-state index contributed by atoms with van der Waals surface area (Å²) in [5.74, 6) is 1.47. The fourth-order valence-corrected chi connectivity index (χ4v) is 2.44. The maximum atomic E-state index is 11.5. The molecule has 2 nitrogen and oxygen atoms in total. The van der Waals surface area contributed by atoms with Crippen LogP contribution in [0.1, 0.15) is 41.0 Å². The van der Waals surface area contributed by atoms with Crippen LogP contribution in [0.5, 0.6) is 0 Å². The van der Waals surface area contributed by atoms with Gasteiger partial charge in [-0.25, -0.2) is 0 Å². The number of allylic oxidation sites excluding steroid dienone is 3. The molecule has 0 N–H and O–H groups in total. The zero-order chi connectivity index (χ0) is 12.1. The van der Waals surface area contributed by atoms with Gasteiger partial charge in [-0.3, -0.25) is 4.79 Å². The third kappa shape index (κ3) is 1.43. The highest BCUT2D eigenvalue weighted by Gasteiger charge is 2.49. The summed E-state index contributed by atoms with van der Waals surface area (Å²) in [6.45, 7) is 10.9. The number of rotatable bonds is 0. The molecule has 0 fully saturated rings. The summed E-state index contributed by atoms with van der Waals surface area (Å²) < 4.78 is 6.05. The van der Waals surface area contributed by atoms with Crippen LogP contribution in [-0.4, -0.2) is 11.4 Å². The highest BCUT2D eigenvalue weighted by molar-refractivity contribution is 5.93. The minimum atomic E-state index is -0.198. The van der Waals surface area contributed by atoms with E-state index in [0.717, 1.165) is 11.3 Å². The first-order valence-corrected chi connectivity index (χ1v) is 5.88. The first-order chi connectivity index (χ1) is 7.25. The normalized spacial score (nSPS) is 31.1. The molecule has 0 spiro atoms. The van der Waals surface area contributed by atoms with E-state index in [1.807, 2.05) is 6.08 Å². The third-order valence-electron chi connectivity index (χ3n) is 4.62. The van der Waals surface area contributed by atoms with Gasteiger partial charge in [-0.2, -0.15) is 0 Å². The van der Waals surface area contributed by atoms with Crippen LogP contribution >= 0.6 is 0 Å². The lowest BCUT2D eigenvalue weighted by molar-refractivity contribution is -0.118. The van der Waals surface area contributed by atoms with Crippen molar-refractivity contribution in [3.63, 3.8) is 0 Å². The number of hydrogen-bond acceptors (Lipinski definition) is 2. The Morgan fingerprint density at radius 2 is 1.88 bits per heavy atom. The van der Waals surface area contributed by atoms with E-state index >= 15 is 0 Å². The summed E-state index contributed by atoms with van der Waals surface area (Å²) in [5, 5.41) is 0. The van der Waals surface area contributed by atoms with Gasteiger partial charge in [0.1, 0.15) is 11.4 Å². The van der Waals surface area contributed by atoms with Crippen molar-refractivity contribution >= 4 is 5.78 Å². The van der Waals surface area contributed by atoms with Crippen LogP contribution in [0, 0.1) is 11.3 Å². The zero-order valence-electron chi connectivity index (χ0n) is 10.8. The Bertz CT molecular complexity index is 397. The van der Waals surface area contributed by atoms with Gasteiger partial charge in [-0.05, 0) is 37.5 Å². The van der Waals surface area contributed by atoms with Crippen LogP contribution in [0.15, 0.2) is 23.5 Å². The Kier molecular flexibility index (Phi) is 2.30. The number of ether oxygens (including phenoxy) is 1. The van der Waals surface area contributed by atoms with Crippen LogP contribution < -0.4 is 0 Å². The van der Waals surface area contributed by atoms with Gasteiger partial charge >= 0.3 is 0 Å². The number of carbonyl (C=O) groups excluding carboxylic acids is 1. The highest BCUT2D eigenvalue weighted by Crippen LogP contribution is 2.51. The smallest absolute Gasteiger partial charge is 0.160 e. The second-order valence-electron chi connectivity index (χ2n) is 5.92. The van der Waals surface area contributed by atoms with Gasteiger partial charge in [0, 0.05) is 11.8 Å². The van der Waals surface area contributed by atoms with E-state index in [1.54, 1.807) is 6.08 Å². The van der Waals surface area contributed by atoms with Crippen LogP contribution in [0.3, 0.4) is 0 Å². The van der Waals surface area contributed by atoms with E-state index < -0.39 is 0 Å². The molecule has 88 valence electrons. The summed E-state index contributed by atoms with van der Waals surface area (Å²) in [6.07, 6.45) is 3.97. The van der Waals surface area contributed by atoms with Crippen molar-refractivity contribution in [2.24, 2.45) is 11.3 Å². The van der Waals surface area contributed by atoms with E-state index in [-0.39, 0.29) is 16.8 Å². The number of ketones is 1. The quantitative estimate of drug-likeness (QED) is 0.626. The highest BCUT2D eigenvalue weighted by atomic mass is 16.5. The van der Waals surface area contributed by atoms with Gasteiger partial charge in [-0.1, -0.05) is 20.8 Å². The van der Waals surface area contributed by atoms with Crippen LogP contribution in [0.2, 0.25) is 0 Å². The van der Waals surface area contributed by atoms with Crippen molar-refractivity contribution in [2.75, 3.05) is 0 Å². The Balaban J connectivity index is 2.48. The van der Waals surface area contributed by atoms with E-state index in [1.165, 1.54) is 0 Å². The minimum Gasteiger partial charge on any atom is -0.487 e. The van der Waals surface area contributed by atoms with Crippen molar-refractivity contribution in [3.8, 4) is 0 Å². The van der Waals surface area contributed by atoms with Crippen molar-refractivity contribution in [1.82, 2.24) is 0 Å². The lowest BCUT2D eigenvalue weighted by Crippen LogP contribution is -2.50. The van der Waals surface area contributed by atoms with Crippen LogP contribution in [0.25, 0.3) is 0 Å². The summed E-state index contributed by atoms with van der Waals surface area (Å²) in [5.41, 5.74) is 1.00. The van der Waals surface area contributed by atoms with Crippen molar-refractivity contribution in [2.45, 2.75) is 46.6 Å². The van der Waals surface area contributed by atoms with Gasteiger partial charge in [-0.15, -0.1) is 0 Å². The molecule has 2 aliphatic rings. The summed E-state index contributed by atoms with van der Waals surface area (Å²) in [6, 6.07) is 0. The predicted molar refractivity (Wildman–Crippen MR) is 63.9 cm³/mol. The first kappa shape index (κ1) is 11.4.